The first-order valence-electron chi connectivity index (χ1n) is 10.3. The van der Waals surface area contributed by atoms with Crippen LogP contribution in [0.2, 0.25) is 0 Å². The van der Waals surface area contributed by atoms with Gasteiger partial charge in [0.2, 0.25) is 0 Å². The van der Waals surface area contributed by atoms with E-state index >= 15 is 0 Å². The number of halogens is 1. The van der Waals surface area contributed by atoms with E-state index in [1.807, 2.05) is 9.80 Å². The molecule has 0 atom stereocenters. The van der Waals surface area contributed by atoms with E-state index in [1.165, 1.54) is 25.5 Å². The Kier molecular flexibility index (Phi) is 4.36. The summed E-state index contributed by atoms with van der Waals surface area (Å²) in [6, 6.07) is 5.01. The molecule has 4 aliphatic rings. The van der Waals surface area contributed by atoms with Crippen LogP contribution in [-0.4, -0.2) is 68.3 Å². The van der Waals surface area contributed by atoms with Gasteiger partial charge in [0.05, 0.1) is 13.2 Å². The van der Waals surface area contributed by atoms with Gasteiger partial charge in [0.1, 0.15) is 5.82 Å². The molecular weight excluding hydrogens is 345 g/mol. The molecule has 6 heteroatoms. The lowest BCUT2D eigenvalue weighted by Gasteiger charge is -2.40. The number of carbonyl (C=O) groups is 1. The maximum absolute atomic E-state index is 14.1. The van der Waals surface area contributed by atoms with E-state index in [2.05, 4.69) is 4.90 Å². The Morgan fingerprint density at radius 2 is 1.89 bits per heavy atom. The molecule has 0 radical (unpaired) electrons. The number of likely N-dealkylation sites (tertiary alicyclic amines) is 1. The van der Waals surface area contributed by atoms with E-state index in [0.717, 1.165) is 43.1 Å². The van der Waals surface area contributed by atoms with Crippen molar-refractivity contribution >= 4 is 11.7 Å². The first kappa shape index (κ1) is 17.4. The largest absolute Gasteiger partial charge is 0.378 e. The van der Waals surface area contributed by atoms with E-state index < -0.39 is 0 Å². The minimum absolute atomic E-state index is 0.0449. The number of nitrogens with zero attached hydrogens (tertiary/aromatic N) is 3. The van der Waals surface area contributed by atoms with Crippen LogP contribution in [0, 0.1) is 11.7 Å². The smallest absolute Gasteiger partial charge is 0.324 e. The van der Waals surface area contributed by atoms with Crippen molar-refractivity contribution in [3.8, 4) is 0 Å². The summed E-state index contributed by atoms with van der Waals surface area (Å²) in [5, 5.41) is 0. The SMILES string of the molecule is O=C(N1CCOCC1)N1CC2(CCN(CC3CC3)CC2)c2cc(F)ccc21. The molecule has 3 fully saturated rings. The summed E-state index contributed by atoms with van der Waals surface area (Å²) in [7, 11) is 0. The summed E-state index contributed by atoms with van der Waals surface area (Å²) < 4.78 is 19.5. The van der Waals surface area contributed by atoms with Crippen LogP contribution in [0.15, 0.2) is 18.2 Å². The highest BCUT2D eigenvalue weighted by atomic mass is 19.1. The second kappa shape index (κ2) is 6.74. The number of amides is 2. The molecule has 3 heterocycles. The van der Waals surface area contributed by atoms with Crippen molar-refractivity contribution in [3.63, 3.8) is 0 Å². The van der Waals surface area contributed by atoms with E-state index in [-0.39, 0.29) is 17.3 Å². The molecule has 1 aromatic carbocycles. The Balaban J connectivity index is 1.39. The quantitative estimate of drug-likeness (QED) is 0.800. The molecule has 27 heavy (non-hydrogen) atoms. The zero-order valence-electron chi connectivity index (χ0n) is 15.8. The second-order valence-electron chi connectivity index (χ2n) is 8.65. The first-order valence-corrected chi connectivity index (χ1v) is 10.3. The summed E-state index contributed by atoms with van der Waals surface area (Å²) in [5.41, 5.74) is 1.85. The maximum Gasteiger partial charge on any atom is 0.324 e. The van der Waals surface area contributed by atoms with Gasteiger partial charge in [-0.1, -0.05) is 0 Å². The summed E-state index contributed by atoms with van der Waals surface area (Å²) in [6.07, 6.45) is 4.75. The highest BCUT2D eigenvalue weighted by molar-refractivity contribution is 5.95. The summed E-state index contributed by atoms with van der Waals surface area (Å²) in [4.78, 5) is 19.5. The molecule has 0 N–H and O–H groups in total. The molecule has 5 rings (SSSR count). The molecule has 5 nitrogen and oxygen atoms in total. The second-order valence-corrected chi connectivity index (χ2v) is 8.65. The molecule has 146 valence electrons. The highest BCUT2D eigenvalue weighted by Gasteiger charge is 2.47. The monoisotopic (exact) mass is 373 g/mol. The van der Waals surface area contributed by atoms with Crippen LogP contribution in [-0.2, 0) is 10.2 Å². The van der Waals surface area contributed by atoms with Crippen molar-refractivity contribution < 1.29 is 13.9 Å². The fourth-order valence-corrected chi connectivity index (χ4v) is 4.99. The lowest BCUT2D eigenvalue weighted by molar-refractivity contribution is 0.0546. The molecule has 2 amide bonds. The number of benzene rings is 1. The Labute approximate surface area is 160 Å². The lowest BCUT2D eigenvalue weighted by Crippen LogP contribution is -2.51. The molecule has 3 aliphatic heterocycles. The van der Waals surface area contributed by atoms with Gasteiger partial charge in [0.25, 0.3) is 0 Å². The number of morpholine rings is 1. The molecule has 1 saturated carbocycles. The van der Waals surface area contributed by atoms with Crippen LogP contribution in [0.1, 0.15) is 31.2 Å². The molecular formula is C21H28FN3O2. The summed E-state index contributed by atoms with van der Waals surface area (Å²) in [6.45, 7) is 6.44. The Hall–Kier alpha value is -1.66. The van der Waals surface area contributed by atoms with Crippen molar-refractivity contribution in [2.45, 2.75) is 31.1 Å². The minimum Gasteiger partial charge on any atom is -0.378 e. The predicted molar refractivity (Wildman–Crippen MR) is 102 cm³/mol. The molecule has 1 spiro atoms. The lowest BCUT2D eigenvalue weighted by atomic mass is 9.74. The number of hydrogen-bond donors (Lipinski definition) is 0. The van der Waals surface area contributed by atoms with Gasteiger partial charge in [0.15, 0.2) is 0 Å². The van der Waals surface area contributed by atoms with Crippen LogP contribution in [0.5, 0.6) is 0 Å². The predicted octanol–water partition coefficient (Wildman–Crippen LogP) is 2.84. The zero-order valence-corrected chi connectivity index (χ0v) is 15.8. The molecule has 2 saturated heterocycles. The number of ether oxygens (including phenoxy) is 1. The van der Waals surface area contributed by atoms with Crippen LogP contribution in [0.3, 0.4) is 0 Å². The number of rotatable bonds is 2. The van der Waals surface area contributed by atoms with Crippen molar-refractivity contribution in [2.24, 2.45) is 5.92 Å². The van der Waals surface area contributed by atoms with Gasteiger partial charge >= 0.3 is 6.03 Å². The Bertz CT molecular complexity index is 722. The average molecular weight is 373 g/mol. The van der Waals surface area contributed by atoms with Crippen molar-refractivity contribution in [1.82, 2.24) is 9.80 Å². The van der Waals surface area contributed by atoms with Gasteiger partial charge in [-0.25, -0.2) is 9.18 Å². The highest BCUT2D eigenvalue weighted by Crippen LogP contribution is 2.48. The van der Waals surface area contributed by atoms with Crippen molar-refractivity contribution in [2.75, 3.05) is 57.4 Å². The maximum atomic E-state index is 14.1. The fraction of sp³-hybridized carbons (Fsp3) is 0.667. The number of urea groups is 1. The Morgan fingerprint density at radius 3 is 2.59 bits per heavy atom. The van der Waals surface area contributed by atoms with Gasteiger partial charge in [-0.15, -0.1) is 0 Å². The zero-order chi connectivity index (χ0) is 18.4. The Morgan fingerprint density at radius 1 is 1.15 bits per heavy atom. The number of piperidine rings is 1. The molecule has 0 aromatic heterocycles. The van der Waals surface area contributed by atoms with E-state index in [0.29, 0.717) is 32.8 Å². The average Bonchev–Trinajstić information content (AvgIpc) is 3.47. The van der Waals surface area contributed by atoms with Crippen molar-refractivity contribution in [3.05, 3.63) is 29.6 Å². The normalized spacial score (nSPS) is 25.1. The number of fused-ring (bicyclic) bond motifs is 2. The number of anilines is 1. The van der Waals surface area contributed by atoms with E-state index in [4.69, 9.17) is 4.74 Å². The van der Waals surface area contributed by atoms with Crippen LogP contribution in [0.4, 0.5) is 14.9 Å². The number of carbonyl (C=O) groups excluding carboxylic acids is 1. The van der Waals surface area contributed by atoms with Gasteiger partial charge in [-0.3, -0.25) is 4.90 Å². The third kappa shape index (κ3) is 3.23. The van der Waals surface area contributed by atoms with Gasteiger partial charge in [-0.05, 0) is 68.5 Å². The van der Waals surface area contributed by atoms with E-state index in [1.54, 1.807) is 12.1 Å². The van der Waals surface area contributed by atoms with Gasteiger partial charge in [0, 0.05) is 37.3 Å². The standard InChI is InChI=1S/C21H28FN3O2/c22-17-3-4-19-18(13-17)21(5-7-23(8-6-21)14-16-1-2-16)15-25(19)20(26)24-9-11-27-12-10-24/h3-4,13,16H,1-2,5-12,14-15H2. The molecule has 1 aliphatic carbocycles. The van der Waals surface area contributed by atoms with Gasteiger partial charge in [-0.2, -0.15) is 0 Å². The molecule has 0 unspecified atom stereocenters. The third-order valence-electron chi connectivity index (χ3n) is 6.82. The van der Waals surface area contributed by atoms with Crippen LogP contribution in [0.25, 0.3) is 0 Å². The van der Waals surface area contributed by atoms with Crippen molar-refractivity contribution in [1.29, 1.82) is 0 Å². The summed E-state index contributed by atoms with van der Waals surface area (Å²) in [5.74, 6) is 0.695. The van der Waals surface area contributed by atoms with Crippen LogP contribution >= 0.6 is 0 Å². The first-order chi connectivity index (χ1) is 13.1. The molecule has 1 aromatic rings. The van der Waals surface area contributed by atoms with E-state index in [9.17, 15) is 9.18 Å². The number of hydrogen-bond acceptors (Lipinski definition) is 3. The third-order valence-corrected chi connectivity index (χ3v) is 6.82. The van der Waals surface area contributed by atoms with Crippen LogP contribution < -0.4 is 4.90 Å². The summed E-state index contributed by atoms with van der Waals surface area (Å²) >= 11 is 0. The topological polar surface area (TPSA) is 36.0 Å². The fourth-order valence-electron chi connectivity index (χ4n) is 4.99. The minimum atomic E-state index is -0.200. The van der Waals surface area contributed by atoms with Gasteiger partial charge < -0.3 is 14.5 Å². The molecule has 0 bridgehead atoms.